The fourth-order valence-electron chi connectivity index (χ4n) is 3.48. The third-order valence-corrected chi connectivity index (χ3v) is 7.29. The molecular formula is C21H27Cl2N3O2S. The number of hydrogen-bond donors (Lipinski definition) is 1. The highest BCUT2D eigenvalue weighted by Crippen LogP contribution is 2.29. The van der Waals surface area contributed by atoms with E-state index >= 15 is 0 Å². The molecule has 1 heterocycles. The number of rotatable bonds is 8. The zero-order chi connectivity index (χ0) is 20.9. The van der Waals surface area contributed by atoms with Crippen LogP contribution >= 0.6 is 23.2 Å². The van der Waals surface area contributed by atoms with Gasteiger partial charge in [0, 0.05) is 42.8 Å². The van der Waals surface area contributed by atoms with Crippen LogP contribution in [0.5, 0.6) is 0 Å². The van der Waals surface area contributed by atoms with E-state index in [4.69, 9.17) is 23.2 Å². The largest absolute Gasteiger partial charge is 0.369 e. The Labute approximate surface area is 183 Å². The number of halogens is 2. The summed E-state index contributed by atoms with van der Waals surface area (Å²) in [6.07, 6.45) is 0.403. The lowest BCUT2D eigenvalue weighted by Crippen LogP contribution is -2.44. The average molecular weight is 456 g/mol. The third-order valence-electron chi connectivity index (χ3n) is 5.25. The maximum Gasteiger partial charge on any atom is 0.232 e. The van der Waals surface area contributed by atoms with Gasteiger partial charge < -0.3 is 9.80 Å². The molecule has 2 aromatic carbocycles. The zero-order valence-electron chi connectivity index (χ0n) is 16.5. The summed E-state index contributed by atoms with van der Waals surface area (Å²) < 4.78 is 28.0. The summed E-state index contributed by atoms with van der Waals surface area (Å²) in [7, 11) is -1.39. The maximum absolute atomic E-state index is 12.7. The summed E-state index contributed by atoms with van der Waals surface area (Å²) in [6.45, 7) is 3.86. The number of anilines is 2. The summed E-state index contributed by atoms with van der Waals surface area (Å²) in [5, 5.41) is 0.614. The van der Waals surface area contributed by atoms with E-state index in [0.29, 0.717) is 23.0 Å². The Morgan fingerprint density at radius 3 is 2.48 bits per heavy atom. The van der Waals surface area contributed by atoms with Gasteiger partial charge in [-0.3, -0.25) is 4.72 Å². The topological polar surface area (TPSA) is 52.6 Å². The van der Waals surface area contributed by atoms with Crippen LogP contribution < -0.4 is 9.62 Å². The van der Waals surface area contributed by atoms with E-state index in [2.05, 4.69) is 21.6 Å². The van der Waals surface area contributed by atoms with E-state index in [1.165, 1.54) is 0 Å². The second-order valence-corrected chi connectivity index (χ2v) is 9.98. The van der Waals surface area contributed by atoms with Gasteiger partial charge in [-0.15, -0.1) is 11.6 Å². The summed E-state index contributed by atoms with van der Waals surface area (Å²) in [6, 6.07) is 15.0. The number of piperazine rings is 1. The van der Waals surface area contributed by atoms with Crippen LogP contribution in [-0.2, 0) is 10.0 Å². The van der Waals surface area contributed by atoms with Gasteiger partial charge in [0.25, 0.3) is 0 Å². The fourth-order valence-corrected chi connectivity index (χ4v) is 5.27. The highest BCUT2D eigenvalue weighted by atomic mass is 35.5. The van der Waals surface area contributed by atoms with Gasteiger partial charge in [0.05, 0.1) is 11.4 Å². The summed E-state index contributed by atoms with van der Waals surface area (Å²) in [5.74, 6) is 0.186. The molecule has 1 saturated heterocycles. The van der Waals surface area contributed by atoms with E-state index in [-0.39, 0.29) is 11.7 Å². The molecule has 0 spiro atoms. The van der Waals surface area contributed by atoms with Crippen LogP contribution in [0.4, 0.5) is 11.4 Å². The van der Waals surface area contributed by atoms with Gasteiger partial charge in [0.15, 0.2) is 0 Å². The molecule has 5 nitrogen and oxygen atoms in total. The van der Waals surface area contributed by atoms with Crippen LogP contribution in [0.25, 0.3) is 0 Å². The zero-order valence-corrected chi connectivity index (χ0v) is 18.8. The van der Waals surface area contributed by atoms with E-state index < -0.39 is 10.0 Å². The van der Waals surface area contributed by atoms with Gasteiger partial charge in [0.2, 0.25) is 10.0 Å². The van der Waals surface area contributed by atoms with Crippen LogP contribution in [0.15, 0.2) is 48.5 Å². The minimum atomic E-state index is -3.50. The molecule has 1 N–H and O–H groups in total. The van der Waals surface area contributed by atoms with E-state index in [0.717, 1.165) is 37.4 Å². The minimum absolute atomic E-state index is 0.0195. The lowest BCUT2D eigenvalue weighted by atomic mass is 9.98. The number of hydrogen-bond acceptors (Lipinski definition) is 4. The van der Waals surface area contributed by atoms with Crippen LogP contribution in [0, 0.1) is 0 Å². The molecule has 3 rings (SSSR count). The molecule has 1 fully saturated rings. The van der Waals surface area contributed by atoms with Gasteiger partial charge >= 0.3 is 0 Å². The molecular weight excluding hydrogens is 429 g/mol. The summed E-state index contributed by atoms with van der Waals surface area (Å²) >= 11 is 12.3. The van der Waals surface area contributed by atoms with Gasteiger partial charge in [0.1, 0.15) is 0 Å². The standard InChI is InChI=1S/C21H27Cl2N3O2S/c1-25-10-12-26(13-11-25)19-6-4-5-18(15-19)24-29(27,28)14-9-17(16-22)20-7-2-3-8-21(20)23/h2-8,15,17,24H,9-14,16H2,1H3. The van der Waals surface area contributed by atoms with Gasteiger partial charge in [-0.05, 0) is 49.2 Å². The van der Waals surface area contributed by atoms with Crippen molar-refractivity contribution in [2.24, 2.45) is 0 Å². The maximum atomic E-state index is 12.7. The smallest absolute Gasteiger partial charge is 0.232 e. The lowest BCUT2D eigenvalue weighted by Gasteiger charge is -2.34. The normalized spacial score (nSPS) is 16.6. The average Bonchev–Trinajstić information content (AvgIpc) is 2.70. The van der Waals surface area contributed by atoms with Crippen molar-refractivity contribution >= 4 is 44.6 Å². The molecule has 29 heavy (non-hydrogen) atoms. The lowest BCUT2D eigenvalue weighted by molar-refractivity contribution is 0.313. The quantitative estimate of drug-likeness (QED) is 0.604. The van der Waals surface area contributed by atoms with Crippen molar-refractivity contribution in [3.05, 3.63) is 59.1 Å². The van der Waals surface area contributed by atoms with Crippen LogP contribution in [-0.4, -0.2) is 58.2 Å². The Morgan fingerprint density at radius 1 is 1.07 bits per heavy atom. The van der Waals surface area contributed by atoms with E-state index in [1.54, 1.807) is 12.1 Å². The molecule has 1 aliphatic rings. The van der Waals surface area contributed by atoms with Crippen molar-refractivity contribution in [2.45, 2.75) is 12.3 Å². The van der Waals surface area contributed by atoms with Crippen molar-refractivity contribution in [3.8, 4) is 0 Å². The number of nitrogens with one attached hydrogen (secondary N) is 1. The monoisotopic (exact) mass is 455 g/mol. The third kappa shape index (κ3) is 6.25. The molecule has 0 bridgehead atoms. The Hall–Kier alpha value is -1.47. The predicted octanol–water partition coefficient (Wildman–Crippen LogP) is 4.25. The first-order valence-electron chi connectivity index (χ1n) is 9.72. The molecule has 0 amide bonds. The Morgan fingerprint density at radius 2 is 1.79 bits per heavy atom. The molecule has 0 aliphatic carbocycles. The molecule has 1 aliphatic heterocycles. The molecule has 1 unspecified atom stereocenters. The summed E-state index contributed by atoms with van der Waals surface area (Å²) in [5.41, 5.74) is 2.51. The van der Waals surface area contributed by atoms with Crippen molar-refractivity contribution in [1.29, 1.82) is 0 Å². The molecule has 0 saturated carbocycles. The second kappa shape index (κ2) is 10.0. The number of benzene rings is 2. The van der Waals surface area contributed by atoms with Crippen molar-refractivity contribution in [2.75, 3.05) is 54.5 Å². The Bertz CT molecular complexity index is 916. The second-order valence-electron chi connectivity index (χ2n) is 7.42. The van der Waals surface area contributed by atoms with Crippen molar-refractivity contribution in [1.82, 2.24) is 4.90 Å². The highest BCUT2D eigenvalue weighted by Gasteiger charge is 2.19. The number of nitrogens with zero attached hydrogens (tertiary/aromatic N) is 2. The van der Waals surface area contributed by atoms with Gasteiger partial charge in [-0.2, -0.15) is 0 Å². The molecule has 8 heteroatoms. The summed E-state index contributed by atoms with van der Waals surface area (Å²) in [4.78, 5) is 4.56. The Kier molecular flexibility index (Phi) is 7.68. The molecule has 158 valence electrons. The first-order chi connectivity index (χ1) is 13.9. The fraction of sp³-hybridized carbons (Fsp3) is 0.429. The minimum Gasteiger partial charge on any atom is -0.369 e. The van der Waals surface area contributed by atoms with Crippen molar-refractivity contribution < 1.29 is 8.42 Å². The highest BCUT2D eigenvalue weighted by molar-refractivity contribution is 7.92. The van der Waals surface area contributed by atoms with Crippen LogP contribution in [0.2, 0.25) is 5.02 Å². The van der Waals surface area contributed by atoms with E-state index in [1.807, 2.05) is 36.4 Å². The van der Waals surface area contributed by atoms with Gasteiger partial charge in [-0.25, -0.2) is 8.42 Å². The molecule has 2 aromatic rings. The SMILES string of the molecule is CN1CCN(c2cccc(NS(=O)(=O)CCC(CCl)c3ccccc3Cl)c2)CC1. The Balaban J connectivity index is 1.63. The molecule has 1 atom stereocenters. The van der Waals surface area contributed by atoms with Gasteiger partial charge in [-0.1, -0.05) is 35.9 Å². The number of sulfonamides is 1. The first kappa shape index (κ1) is 22.2. The number of alkyl halides is 1. The van der Waals surface area contributed by atoms with Crippen LogP contribution in [0.1, 0.15) is 17.9 Å². The number of likely N-dealkylation sites (N-methyl/N-ethyl adjacent to an activating group) is 1. The van der Waals surface area contributed by atoms with Crippen molar-refractivity contribution in [3.63, 3.8) is 0 Å². The molecule has 0 aromatic heterocycles. The van der Waals surface area contributed by atoms with E-state index in [9.17, 15) is 8.42 Å². The first-order valence-corrected chi connectivity index (χ1v) is 12.3. The predicted molar refractivity (Wildman–Crippen MR) is 123 cm³/mol. The van der Waals surface area contributed by atoms with Crippen LogP contribution in [0.3, 0.4) is 0 Å². The molecule has 0 radical (unpaired) electrons.